The number of nitrogens with zero attached hydrogens (tertiary/aromatic N) is 2. The third-order valence-corrected chi connectivity index (χ3v) is 6.15. The van der Waals surface area contributed by atoms with Gasteiger partial charge in [-0.15, -0.1) is 0 Å². The van der Waals surface area contributed by atoms with Crippen molar-refractivity contribution in [1.82, 2.24) is 9.97 Å². The van der Waals surface area contributed by atoms with E-state index in [4.69, 9.17) is 5.73 Å². The minimum absolute atomic E-state index is 0.195. The summed E-state index contributed by atoms with van der Waals surface area (Å²) >= 11 is 1.42. The van der Waals surface area contributed by atoms with Gasteiger partial charge in [0.2, 0.25) is 0 Å². The van der Waals surface area contributed by atoms with Crippen molar-refractivity contribution in [3.05, 3.63) is 77.7 Å². The van der Waals surface area contributed by atoms with Crippen LogP contribution in [0, 0.1) is 0 Å². The lowest BCUT2D eigenvalue weighted by atomic mass is 10.0. The van der Waals surface area contributed by atoms with Gasteiger partial charge in [-0.2, -0.15) is 13.2 Å². The maximum atomic E-state index is 12.7. The summed E-state index contributed by atoms with van der Waals surface area (Å²) in [5.41, 5.74) is 7.74. The SMILES string of the molecule is N[C@@H](CNc1nc(CO)c(-c2ccc3cnccc3c2)s1)Cc1ccc(C(F)(F)F)cc1. The van der Waals surface area contributed by atoms with Crippen molar-refractivity contribution >= 4 is 27.2 Å². The third-order valence-electron chi connectivity index (χ3n) is 5.04. The lowest BCUT2D eigenvalue weighted by Gasteiger charge is -2.13. The van der Waals surface area contributed by atoms with Crippen LogP contribution >= 0.6 is 11.3 Å². The molecule has 0 saturated heterocycles. The second kappa shape index (κ2) is 9.23. The maximum absolute atomic E-state index is 12.7. The average molecular weight is 459 g/mol. The van der Waals surface area contributed by atoms with Gasteiger partial charge < -0.3 is 16.2 Å². The van der Waals surface area contributed by atoms with Crippen molar-refractivity contribution in [2.45, 2.75) is 25.2 Å². The van der Waals surface area contributed by atoms with Gasteiger partial charge >= 0.3 is 6.18 Å². The number of benzene rings is 2. The van der Waals surface area contributed by atoms with E-state index in [0.717, 1.165) is 38.9 Å². The first kappa shape index (κ1) is 22.2. The Morgan fingerprint density at radius 3 is 2.56 bits per heavy atom. The number of halogens is 3. The highest BCUT2D eigenvalue weighted by atomic mass is 32.1. The van der Waals surface area contributed by atoms with Gasteiger partial charge in [0.1, 0.15) is 0 Å². The highest BCUT2D eigenvalue weighted by molar-refractivity contribution is 7.19. The number of pyridine rings is 1. The molecule has 0 aliphatic heterocycles. The fraction of sp³-hybridized carbons (Fsp3) is 0.217. The molecule has 166 valence electrons. The monoisotopic (exact) mass is 458 g/mol. The molecule has 0 bridgehead atoms. The van der Waals surface area contributed by atoms with E-state index < -0.39 is 11.7 Å². The van der Waals surface area contributed by atoms with Crippen LogP contribution in [0.25, 0.3) is 21.2 Å². The highest BCUT2D eigenvalue weighted by Gasteiger charge is 2.29. The summed E-state index contributed by atoms with van der Waals surface area (Å²) in [7, 11) is 0. The van der Waals surface area contributed by atoms with Crippen LogP contribution < -0.4 is 11.1 Å². The van der Waals surface area contributed by atoms with Crippen LogP contribution in [0.5, 0.6) is 0 Å². The van der Waals surface area contributed by atoms with E-state index in [1.54, 1.807) is 12.4 Å². The highest BCUT2D eigenvalue weighted by Crippen LogP contribution is 2.35. The number of fused-ring (bicyclic) bond motifs is 1. The molecule has 9 heteroatoms. The molecule has 0 saturated carbocycles. The molecule has 2 aromatic carbocycles. The van der Waals surface area contributed by atoms with Gasteiger partial charge in [0, 0.05) is 30.4 Å². The Balaban J connectivity index is 1.43. The molecule has 32 heavy (non-hydrogen) atoms. The summed E-state index contributed by atoms with van der Waals surface area (Å²) in [5, 5.41) is 15.6. The van der Waals surface area contributed by atoms with Crippen LogP contribution in [0.1, 0.15) is 16.8 Å². The van der Waals surface area contributed by atoms with Crippen LogP contribution in [0.4, 0.5) is 18.3 Å². The summed E-state index contributed by atoms with van der Waals surface area (Å²) in [4.78, 5) is 9.45. The number of thiazole rings is 1. The van der Waals surface area contributed by atoms with Gasteiger partial charge in [0.15, 0.2) is 5.13 Å². The second-order valence-electron chi connectivity index (χ2n) is 7.43. The zero-order chi connectivity index (χ0) is 22.7. The normalized spacial score (nSPS) is 12.8. The van der Waals surface area contributed by atoms with Crippen LogP contribution in [-0.4, -0.2) is 27.7 Å². The van der Waals surface area contributed by atoms with Crippen LogP contribution in [0.15, 0.2) is 60.9 Å². The molecule has 2 heterocycles. The van der Waals surface area contributed by atoms with Crippen LogP contribution in [0.2, 0.25) is 0 Å². The van der Waals surface area contributed by atoms with Crippen molar-refractivity contribution in [3.63, 3.8) is 0 Å². The number of aliphatic hydroxyl groups excluding tert-OH is 1. The van der Waals surface area contributed by atoms with Gasteiger partial charge in [-0.25, -0.2) is 4.98 Å². The molecule has 4 N–H and O–H groups in total. The van der Waals surface area contributed by atoms with E-state index in [2.05, 4.69) is 15.3 Å². The molecule has 0 aliphatic carbocycles. The Bertz CT molecular complexity index is 1210. The van der Waals surface area contributed by atoms with Crippen molar-refractivity contribution in [2.24, 2.45) is 5.73 Å². The summed E-state index contributed by atoms with van der Waals surface area (Å²) in [5.74, 6) is 0. The predicted molar refractivity (Wildman–Crippen MR) is 120 cm³/mol. The fourth-order valence-corrected chi connectivity index (χ4v) is 4.39. The molecule has 4 rings (SSSR count). The molecule has 4 aromatic rings. The van der Waals surface area contributed by atoms with Gasteiger partial charge in [0.05, 0.1) is 22.7 Å². The number of alkyl halides is 3. The zero-order valence-corrected chi connectivity index (χ0v) is 17.7. The largest absolute Gasteiger partial charge is 0.416 e. The van der Waals surface area contributed by atoms with E-state index in [9.17, 15) is 18.3 Å². The first-order chi connectivity index (χ1) is 15.3. The summed E-state index contributed by atoms with van der Waals surface area (Å²) in [6, 6.07) is 12.6. The molecule has 1 atom stereocenters. The van der Waals surface area contributed by atoms with Crippen molar-refractivity contribution in [1.29, 1.82) is 0 Å². The molecular weight excluding hydrogens is 437 g/mol. The number of nitrogens with two attached hydrogens (primary N) is 1. The number of anilines is 1. The Hall–Kier alpha value is -3.01. The lowest BCUT2D eigenvalue weighted by molar-refractivity contribution is -0.137. The van der Waals surface area contributed by atoms with Crippen molar-refractivity contribution in [2.75, 3.05) is 11.9 Å². The van der Waals surface area contributed by atoms with Gasteiger partial charge in [-0.3, -0.25) is 4.98 Å². The molecule has 0 amide bonds. The quantitative estimate of drug-likeness (QED) is 0.369. The number of aromatic nitrogens is 2. The molecule has 0 spiro atoms. The lowest BCUT2D eigenvalue weighted by Crippen LogP contribution is -2.31. The number of aliphatic hydroxyl groups is 1. The first-order valence-corrected chi connectivity index (χ1v) is 10.8. The molecule has 0 radical (unpaired) electrons. The number of hydrogen-bond acceptors (Lipinski definition) is 6. The molecule has 0 aliphatic rings. The molecular formula is C23H21F3N4OS. The molecule has 0 fully saturated rings. The van der Waals surface area contributed by atoms with Gasteiger partial charge in [-0.1, -0.05) is 35.6 Å². The predicted octanol–water partition coefficient (Wildman–Crippen LogP) is 4.85. The van der Waals surface area contributed by atoms with E-state index >= 15 is 0 Å². The first-order valence-electron chi connectivity index (χ1n) is 9.94. The fourth-order valence-electron chi connectivity index (χ4n) is 3.41. The summed E-state index contributed by atoms with van der Waals surface area (Å²) in [6.07, 6.45) is -0.396. The van der Waals surface area contributed by atoms with Crippen molar-refractivity contribution in [3.8, 4) is 10.4 Å². The number of nitrogens with one attached hydrogen (secondary N) is 1. The zero-order valence-electron chi connectivity index (χ0n) is 16.9. The van der Waals surface area contributed by atoms with E-state index in [-0.39, 0.29) is 12.6 Å². The Morgan fingerprint density at radius 1 is 1.06 bits per heavy atom. The van der Waals surface area contributed by atoms with E-state index in [1.165, 1.54) is 23.5 Å². The average Bonchev–Trinajstić information content (AvgIpc) is 3.20. The minimum Gasteiger partial charge on any atom is -0.390 e. The van der Waals surface area contributed by atoms with E-state index in [1.807, 2.05) is 24.3 Å². The van der Waals surface area contributed by atoms with Crippen LogP contribution in [0.3, 0.4) is 0 Å². The minimum atomic E-state index is -4.35. The smallest absolute Gasteiger partial charge is 0.390 e. The third kappa shape index (κ3) is 5.07. The number of rotatable bonds is 7. The Kier molecular flexibility index (Phi) is 6.40. The summed E-state index contributed by atoms with van der Waals surface area (Å²) in [6.45, 7) is 0.196. The molecule has 0 unspecified atom stereocenters. The maximum Gasteiger partial charge on any atom is 0.416 e. The van der Waals surface area contributed by atoms with Crippen molar-refractivity contribution < 1.29 is 18.3 Å². The molecule has 5 nitrogen and oxygen atoms in total. The molecule has 2 aromatic heterocycles. The summed E-state index contributed by atoms with van der Waals surface area (Å²) < 4.78 is 38.1. The Morgan fingerprint density at radius 2 is 1.84 bits per heavy atom. The topological polar surface area (TPSA) is 84.1 Å². The second-order valence-corrected chi connectivity index (χ2v) is 8.43. The van der Waals surface area contributed by atoms with Gasteiger partial charge in [0.25, 0.3) is 0 Å². The number of hydrogen-bond donors (Lipinski definition) is 3. The van der Waals surface area contributed by atoms with Crippen LogP contribution in [-0.2, 0) is 19.2 Å². The Labute approximate surface area is 186 Å². The standard InChI is InChI=1S/C23H21F3N4OS/c24-23(25,26)18-5-1-14(2-6-18)9-19(27)12-29-22-30-20(13-31)21(32-22)16-3-4-17-11-28-8-7-15(17)10-16/h1-8,10-11,19,31H,9,12-13,27H2,(H,29,30)/t19-/m1/s1. The van der Waals surface area contributed by atoms with Gasteiger partial charge in [-0.05, 0) is 47.2 Å². The van der Waals surface area contributed by atoms with E-state index in [0.29, 0.717) is 23.8 Å².